The Hall–Kier alpha value is 0.0200. The molecular formula is C10H18BrNO4S. The predicted molar refractivity (Wildman–Crippen MR) is 68.1 cm³/mol. The zero-order valence-electron chi connectivity index (χ0n) is 9.94. The van der Waals surface area contributed by atoms with Crippen molar-refractivity contribution in [1.82, 2.24) is 6.15 Å². The second-order valence-electron chi connectivity index (χ2n) is 5.39. The molecule has 0 amide bonds. The topological polar surface area (TPSA) is 106 Å². The van der Waals surface area contributed by atoms with Gasteiger partial charge in [0.2, 0.25) is 0 Å². The van der Waals surface area contributed by atoms with Crippen LogP contribution >= 0.6 is 15.9 Å². The van der Waals surface area contributed by atoms with Gasteiger partial charge in [-0.25, -0.2) is 0 Å². The molecule has 17 heavy (non-hydrogen) atoms. The highest BCUT2D eigenvalue weighted by atomic mass is 79.9. The largest absolute Gasteiger partial charge is 0.344 e. The molecule has 2 aliphatic carbocycles. The Bertz CT molecular complexity index is 451. The lowest BCUT2D eigenvalue weighted by Crippen LogP contribution is -2.40. The Labute approximate surface area is 110 Å². The van der Waals surface area contributed by atoms with E-state index < -0.39 is 20.9 Å². The second-order valence-corrected chi connectivity index (χ2v) is 7.83. The van der Waals surface area contributed by atoms with E-state index in [4.69, 9.17) is 4.55 Å². The predicted octanol–water partition coefficient (Wildman–Crippen LogP) is 1.80. The monoisotopic (exact) mass is 327 g/mol. The van der Waals surface area contributed by atoms with E-state index in [1.165, 1.54) is 0 Å². The summed E-state index contributed by atoms with van der Waals surface area (Å²) in [5.41, 5.74) is -1.27. The molecule has 0 spiro atoms. The van der Waals surface area contributed by atoms with Gasteiger partial charge in [0.15, 0.2) is 5.78 Å². The number of carbonyl (C=O) groups is 1. The highest BCUT2D eigenvalue weighted by Crippen LogP contribution is 2.65. The quantitative estimate of drug-likeness (QED) is 0.594. The zero-order valence-corrected chi connectivity index (χ0v) is 12.3. The number of ketones is 1. The Balaban J connectivity index is 0.00000144. The third kappa shape index (κ3) is 1.87. The van der Waals surface area contributed by atoms with Gasteiger partial charge < -0.3 is 6.15 Å². The Morgan fingerprint density at radius 1 is 1.47 bits per heavy atom. The molecule has 2 bridgehead atoms. The number of hydrogen-bond acceptors (Lipinski definition) is 4. The van der Waals surface area contributed by atoms with Crippen molar-refractivity contribution in [2.24, 2.45) is 16.7 Å². The first kappa shape index (κ1) is 15.1. The molecule has 3 unspecified atom stereocenters. The smallest absolute Gasteiger partial charge is 0.265 e. The molecule has 0 aromatic heterocycles. The van der Waals surface area contributed by atoms with E-state index in [1.54, 1.807) is 6.92 Å². The third-order valence-corrected chi connectivity index (χ3v) is 6.68. The van der Waals surface area contributed by atoms with Gasteiger partial charge in [0.05, 0.1) is 10.6 Å². The minimum absolute atomic E-state index is 0. The van der Waals surface area contributed by atoms with Crippen molar-refractivity contribution >= 4 is 31.8 Å². The van der Waals surface area contributed by atoms with Gasteiger partial charge in [-0.05, 0) is 18.8 Å². The summed E-state index contributed by atoms with van der Waals surface area (Å²) in [7, 11) is -4.05. The van der Waals surface area contributed by atoms with Crippen molar-refractivity contribution in [1.29, 1.82) is 0 Å². The minimum Gasteiger partial charge on any atom is -0.344 e. The number of hydrogen-bond donors (Lipinski definition) is 2. The van der Waals surface area contributed by atoms with E-state index in [9.17, 15) is 13.2 Å². The van der Waals surface area contributed by atoms with E-state index in [1.807, 2.05) is 6.92 Å². The second kappa shape index (κ2) is 4.01. The molecule has 100 valence electrons. The normalized spacial score (nSPS) is 44.8. The van der Waals surface area contributed by atoms with Crippen molar-refractivity contribution in [2.75, 3.05) is 5.75 Å². The van der Waals surface area contributed by atoms with Gasteiger partial charge in [-0.15, -0.1) is 0 Å². The van der Waals surface area contributed by atoms with Crippen LogP contribution in [0.25, 0.3) is 0 Å². The minimum atomic E-state index is -4.05. The Morgan fingerprint density at radius 2 is 2.00 bits per heavy atom. The van der Waals surface area contributed by atoms with E-state index in [-0.39, 0.29) is 28.4 Å². The summed E-state index contributed by atoms with van der Waals surface area (Å²) in [5.74, 6) is -0.239. The zero-order chi connectivity index (χ0) is 12.4. The van der Waals surface area contributed by atoms with Gasteiger partial charge in [-0.1, -0.05) is 29.8 Å². The van der Waals surface area contributed by atoms with Gasteiger partial charge in [-0.3, -0.25) is 9.35 Å². The molecule has 0 aromatic rings. The Morgan fingerprint density at radius 3 is 2.35 bits per heavy atom. The van der Waals surface area contributed by atoms with Gasteiger partial charge in [0.25, 0.3) is 10.1 Å². The SMILES string of the molecule is CC12CCC([C@@H](Br)C1=O)C2(C)CS(=O)(=O)O.N. The van der Waals surface area contributed by atoms with E-state index >= 15 is 0 Å². The molecule has 2 fully saturated rings. The fraction of sp³-hybridized carbons (Fsp3) is 0.900. The summed E-state index contributed by atoms with van der Waals surface area (Å²) >= 11 is 3.35. The van der Waals surface area contributed by atoms with Gasteiger partial charge in [0.1, 0.15) is 0 Å². The lowest BCUT2D eigenvalue weighted by atomic mass is 9.70. The molecule has 4 atom stereocenters. The summed E-state index contributed by atoms with van der Waals surface area (Å²) in [6.07, 6.45) is 1.55. The first-order valence-electron chi connectivity index (χ1n) is 5.25. The van der Waals surface area contributed by atoms with Crippen LogP contribution in [0.3, 0.4) is 0 Å². The van der Waals surface area contributed by atoms with Crippen LogP contribution in [0.1, 0.15) is 26.7 Å². The fourth-order valence-corrected chi connectivity index (χ4v) is 6.11. The third-order valence-electron chi connectivity index (χ3n) is 4.66. The Kier molecular flexibility index (Phi) is 3.56. The van der Waals surface area contributed by atoms with Crippen LogP contribution in [-0.4, -0.2) is 29.3 Å². The van der Waals surface area contributed by atoms with Crippen LogP contribution in [0.4, 0.5) is 0 Å². The summed E-state index contributed by atoms with van der Waals surface area (Å²) in [4.78, 5) is 11.8. The summed E-state index contributed by atoms with van der Waals surface area (Å²) in [6.45, 7) is 3.62. The molecule has 0 aromatic carbocycles. The van der Waals surface area contributed by atoms with Gasteiger partial charge >= 0.3 is 0 Å². The summed E-state index contributed by atoms with van der Waals surface area (Å²) in [6, 6.07) is 0. The van der Waals surface area contributed by atoms with Crippen molar-refractivity contribution in [2.45, 2.75) is 31.5 Å². The molecule has 5 nitrogen and oxygen atoms in total. The van der Waals surface area contributed by atoms with Gasteiger partial charge in [0, 0.05) is 10.8 Å². The average Bonchev–Trinajstić information content (AvgIpc) is 2.40. The van der Waals surface area contributed by atoms with Crippen molar-refractivity contribution in [3.05, 3.63) is 0 Å². The molecule has 0 radical (unpaired) electrons. The molecule has 2 rings (SSSR count). The van der Waals surface area contributed by atoms with Crippen molar-refractivity contribution in [3.8, 4) is 0 Å². The van der Waals surface area contributed by atoms with Crippen LogP contribution in [-0.2, 0) is 14.9 Å². The number of Topliss-reactive ketones (excluding diaryl/α,β-unsaturated/α-hetero) is 1. The van der Waals surface area contributed by atoms with Crippen LogP contribution in [0.5, 0.6) is 0 Å². The van der Waals surface area contributed by atoms with Crippen molar-refractivity contribution < 1.29 is 17.8 Å². The number of rotatable bonds is 2. The lowest BCUT2D eigenvalue weighted by Gasteiger charge is -2.35. The van der Waals surface area contributed by atoms with Crippen LogP contribution < -0.4 is 6.15 Å². The van der Waals surface area contributed by atoms with Crippen LogP contribution in [0.2, 0.25) is 0 Å². The lowest BCUT2D eigenvalue weighted by molar-refractivity contribution is -0.127. The van der Waals surface area contributed by atoms with Crippen LogP contribution in [0, 0.1) is 16.7 Å². The first-order valence-corrected chi connectivity index (χ1v) is 7.78. The van der Waals surface area contributed by atoms with E-state index in [2.05, 4.69) is 15.9 Å². The maximum Gasteiger partial charge on any atom is 0.265 e. The molecule has 7 heteroatoms. The summed E-state index contributed by atoms with van der Waals surface area (Å²) < 4.78 is 31.2. The highest BCUT2D eigenvalue weighted by molar-refractivity contribution is 9.10. The van der Waals surface area contributed by atoms with E-state index in [0.29, 0.717) is 6.42 Å². The van der Waals surface area contributed by atoms with E-state index in [0.717, 1.165) is 6.42 Å². The number of alkyl halides is 1. The molecule has 0 heterocycles. The molecule has 2 saturated carbocycles. The number of fused-ring (bicyclic) bond motifs is 2. The van der Waals surface area contributed by atoms with Crippen LogP contribution in [0.15, 0.2) is 0 Å². The molecule has 2 aliphatic rings. The highest BCUT2D eigenvalue weighted by Gasteiger charge is 2.68. The van der Waals surface area contributed by atoms with Crippen molar-refractivity contribution in [3.63, 3.8) is 0 Å². The maximum absolute atomic E-state index is 12.1. The first-order chi connectivity index (χ1) is 7.12. The maximum atomic E-state index is 12.1. The average molecular weight is 328 g/mol. The number of halogens is 1. The summed E-state index contributed by atoms with van der Waals surface area (Å²) in [5, 5.41) is 0. The molecular weight excluding hydrogens is 310 g/mol. The van der Waals surface area contributed by atoms with Gasteiger partial charge in [-0.2, -0.15) is 8.42 Å². The fourth-order valence-electron chi connectivity index (χ4n) is 3.46. The number of carbonyl (C=O) groups excluding carboxylic acids is 1. The molecule has 0 saturated heterocycles. The molecule has 0 aliphatic heterocycles. The molecule has 4 N–H and O–H groups in total. The standard InChI is InChI=1S/C10H15BrO4S.H3N/c1-9-4-3-6(7(11)8(9)12)10(9,2)5-16(13,14)15;/h6-7H,3-5H2,1-2H3,(H,13,14,15);1H3/t6?,7-,9?,10?;/m1./s1.